The Kier molecular flexibility index (Phi) is 5.45. The highest BCUT2D eigenvalue weighted by molar-refractivity contribution is 7.93. The molecule has 1 unspecified atom stereocenters. The lowest BCUT2D eigenvalue weighted by molar-refractivity contribution is -0.135. The van der Waals surface area contributed by atoms with Crippen LogP contribution in [-0.4, -0.2) is 51.7 Å². The van der Waals surface area contributed by atoms with Gasteiger partial charge in [-0.1, -0.05) is 30.5 Å². The van der Waals surface area contributed by atoms with Gasteiger partial charge in [0.05, 0.1) is 4.90 Å². The number of hydrogen-bond acceptors (Lipinski definition) is 5. The first kappa shape index (κ1) is 21.4. The van der Waals surface area contributed by atoms with Gasteiger partial charge in [-0.15, -0.1) is 10.2 Å². The van der Waals surface area contributed by atoms with Crippen LogP contribution in [0.25, 0.3) is 5.65 Å². The van der Waals surface area contributed by atoms with Gasteiger partial charge in [0.2, 0.25) is 5.91 Å². The number of halogens is 1. The number of amides is 1. The molecule has 3 heterocycles. The van der Waals surface area contributed by atoms with Crippen LogP contribution in [0.1, 0.15) is 50.3 Å². The predicted octanol–water partition coefficient (Wildman–Crippen LogP) is 3.88. The van der Waals surface area contributed by atoms with E-state index in [0.29, 0.717) is 31.0 Å². The third kappa shape index (κ3) is 3.40. The molecule has 1 aliphatic heterocycles. The van der Waals surface area contributed by atoms with Crippen molar-refractivity contribution >= 4 is 33.0 Å². The van der Waals surface area contributed by atoms with Gasteiger partial charge < -0.3 is 4.90 Å². The first-order valence-electron chi connectivity index (χ1n) is 11.0. The summed E-state index contributed by atoms with van der Waals surface area (Å²) >= 11 is 5.96. The zero-order valence-electron chi connectivity index (χ0n) is 17.7. The van der Waals surface area contributed by atoms with Gasteiger partial charge in [-0.25, -0.2) is 8.42 Å². The van der Waals surface area contributed by atoms with Gasteiger partial charge in [-0.05, 0) is 62.1 Å². The summed E-state index contributed by atoms with van der Waals surface area (Å²) in [5.41, 5.74) is 0.767. The zero-order valence-corrected chi connectivity index (χ0v) is 19.2. The number of piperidine rings is 1. The number of pyridine rings is 1. The minimum atomic E-state index is -3.85. The molecule has 1 aromatic carbocycles. The lowest BCUT2D eigenvalue weighted by atomic mass is 9.95. The van der Waals surface area contributed by atoms with Gasteiger partial charge in [-0.3, -0.25) is 9.20 Å². The van der Waals surface area contributed by atoms with Crippen LogP contribution in [0.4, 0.5) is 0 Å². The number of hydrogen-bond donors (Lipinski definition) is 0. The maximum atomic E-state index is 13.9. The highest BCUT2D eigenvalue weighted by Crippen LogP contribution is 2.43. The third-order valence-electron chi connectivity index (χ3n) is 6.85. The van der Waals surface area contributed by atoms with Crippen molar-refractivity contribution in [3.8, 4) is 0 Å². The van der Waals surface area contributed by atoms with Crippen molar-refractivity contribution in [1.29, 1.82) is 0 Å². The van der Waals surface area contributed by atoms with E-state index in [9.17, 15) is 13.2 Å². The minimum Gasteiger partial charge on any atom is -0.341 e. The van der Waals surface area contributed by atoms with E-state index >= 15 is 0 Å². The quantitative estimate of drug-likeness (QED) is 0.575. The smallest absolute Gasteiger partial charge is 0.244 e. The Morgan fingerprint density at radius 1 is 1.03 bits per heavy atom. The van der Waals surface area contributed by atoms with Crippen LogP contribution >= 0.6 is 11.6 Å². The monoisotopic (exact) mass is 472 g/mol. The summed E-state index contributed by atoms with van der Waals surface area (Å²) in [4.78, 5) is 15.8. The molecule has 0 spiro atoms. The van der Waals surface area contributed by atoms with Crippen molar-refractivity contribution in [2.75, 3.05) is 13.1 Å². The number of benzene rings is 1. The molecule has 32 heavy (non-hydrogen) atoms. The lowest BCUT2D eigenvalue weighted by Crippen LogP contribution is -2.54. The SMILES string of the molecule is O=C(N1CCCC(c2nnc3ccccn23)C1)C1(S(=O)(=O)c2ccc(Cl)cc2)CCCC1. The third-order valence-corrected chi connectivity index (χ3v) is 9.61. The molecule has 0 N–H and O–H groups in total. The largest absolute Gasteiger partial charge is 0.341 e. The molecule has 0 bridgehead atoms. The number of likely N-dealkylation sites (tertiary alicyclic amines) is 1. The van der Waals surface area contributed by atoms with Gasteiger partial charge in [0.15, 0.2) is 20.2 Å². The zero-order chi connectivity index (χ0) is 22.3. The molecule has 1 atom stereocenters. The van der Waals surface area contributed by atoms with Crippen molar-refractivity contribution in [3.05, 3.63) is 59.5 Å². The molecule has 0 radical (unpaired) electrons. The van der Waals surface area contributed by atoms with Gasteiger partial charge in [0.1, 0.15) is 5.82 Å². The highest BCUT2D eigenvalue weighted by Gasteiger charge is 2.54. The van der Waals surface area contributed by atoms with E-state index in [1.807, 2.05) is 28.8 Å². The number of sulfone groups is 1. The Balaban J connectivity index is 1.46. The van der Waals surface area contributed by atoms with Crippen LogP contribution in [-0.2, 0) is 14.6 Å². The van der Waals surface area contributed by atoms with E-state index in [4.69, 9.17) is 11.6 Å². The van der Waals surface area contributed by atoms with Crippen LogP contribution in [0, 0.1) is 0 Å². The van der Waals surface area contributed by atoms with Crippen LogP contribution in [0.3, 0.4) is 0 Å². The second kappa shape index (κ2) is 8.15. The molecule has 9 heteroatoms. The summed E-state index contributed by atoms with van der Waals surface area (Å²) in [7, 11) is -3.85. The summed E-state index contributed by atoms with van der Waals surface area (Å²) < 4.78 is 28.0. The Hall–Kier alpha value is -2.45. The number of rotatable bonds is 4. The fraction of sp³-hybridized carbons (Fsp3) is 0.435. The number of carbonyl (C=O) groups excluding carboxylic acids is 1. The topological polar surface area (TPSA) is 84.6 Å². The van der Waals surface area contributed by atoms with Crippen molar-refractivity contribution in [3.63, 3.8) is 0 Å². The molecule has 7 nitrogen and oxygen atoms in total. The van der Waals surface area contributed by atoms with Crippen LogP contribution in [0.15, 0.2) is 53.6 Å². The number of nitrogens with zero attached hydrogens (tertiary/aromatic N) is 4. The molecule has 168 valence electrons. The Bertz CT molecular complexity index is 1250. The maximum absolute atomic E-state index is 13.9. The lowest BCUT2D eigenvalue weighted by Gasteiger charge is -2.38. The second-order valence-electron chi connectivity index (χ2n) is 8.74. The molecule has 2 aliphatic rings. The minimum absolute atomic E-state index is 0.0155. The predicted molar refractivity (Wildman–Crippen MR) is 121 cm³/mol. The fourth-order valence-corrected chi connectivity index (χ4v) is 7.44. The molecule has 1 saturated heterocycles. The molecule has 3 aromatic rings. The van der Waals surface area contributed by atoms with E-state index in [1.165, 1.54) is 12.1 Å². The normalized spacial score (nSPS) is 21.2. The molecule has 2 fully saturated rings. The molecule has 5 rings (SSSR count). The molecule has 2 aromatic heterocycles. The average molecular weight is 473 g/mol. The molecule has 1 amide bonds. The van der Waals surface area contributed by atoms with E-state index in [1.54, 1.807) is 17.0 Å². The summed E-state index contributed by atoms with van der Waals surface area (Å²) in [5, 5.41) is 9.09. The van der Waals surface area contributed by atoms with E-state index in [2.05, 4.69) is 10.2 Å². The molecule has 1 aliphatic carbocycles. The summed E-state index contributed by atoms with van der Waals surface area (Å²) in [6.45, 7) is 1.01. The maximum Gasteiger partial charge on any atom is 0.244 e. The van der Waals surface area contributed by atoms with Gasteiger partial charge >= 0.3 is 0 Å². The van der Waals surface area contributed by atoms with Gasteiger partial charge in [0.25, 0.3) is 0 Å². The summed E-state index contributed by atoms with van der Waals surface area (Å²) in [5.74, 6) is 0.560. The fourth-order valence-electron chi connectivity index (χ4n) is 5.18. The molecular formula is C23H25ClN4O3S. The number of fused-ring (bicyclic) bond motifs is 1. The van der Waals surface area contributed by atoms with Crippen molar-refractivity contribution < 1.29 is 13.2 Å². The number of carbonyl (C=O) groups is 1. The van der Waals surface area contributed by atoms with E-state index in [-0.39, 0.29) is 16.7 Å². The summed E-state index contributed by atoms with van der Waals surface area (Å²) in [6, 6.07) is 11.9. The van der Waals surface area contributed by atoms with Gasteiger partial charge in [-0.2, -0.15) is 0 Å². The first-order chi connectivity index (χ1) is 15.4. The molecular weight excluding hydrogens is 448 g/mol. The van der Waals surface area contributed by atoms with Crippen LogP contribution < -0.4 is 0 Å². The standard InChI is InChI=1S/C23H25ClN4O3S/c24-18-8-10-19(11-9-18)32(30,31)23(12-2-3-13-23)22(29)27-14-5-6-17(16-27)21-26-25-20-7-1-4-15-28(20)21/h1,4,7-11,15,17H,2-3,5-6,12-14,16H2. The van der Waals surface area contributed by atoms with E-state index in [0.717, 1.165) is 37.2 Å². The van der Waals surface area contributed by atoms with Crippen molar-refractivity contribution in [2.45, 2.75) is 54.1 Å². The van der Waals surface area contributed by atoms with Crippen LogP contribution in [0.5, 0.6) is 0 Å². The summed E-state index contributed by atoms with van der Waals surface area (Å²) in [6.07, 6.45) is 5.77. The average Bonchev–Trinajstić information content (AvgIpc) is 3.48. The Morgan fingerprint density at radius 3 is 2.53 bits per heavy atom. The van der Waals surface area contributed by atoms with E-state index < -0.39 is 14.6 Å². The van der Waals surface area contributed by atoms with Crippen molar-refractivity contribution in [1.82, 2.24) is 19.5 Å². The second-order valence-corrected chi connectivity index (χ2v) is 11.4. The Morgan fingerprint density at radius 2 is 1.78 bits per heavy atom. The van der Waals surface area contributed by atoms with Crippen molar-refractivity contribution in [2.24, 2.45) is 0 Å². The molecule has 1 saturated carbocycles. The first-order valence-corrected chi connectivity index (χ1v) is 12.9. The highest BCUT2D eigenvalue weighted by atomic mass is 35.5. The number of aromatic nitrogens is 3. The van der Waals surface area contributed by atoms with Gasteiger partial charge in [0, 0.05) is 30.2 Å². The Labute approximate surface area is 192 Å². The van der Waals surface area contributed by atoms with Crippen LogP contribution in [0.2, 0.25) is 5.02 Å².